The average Bonchev–Trinajstić information content (AvgIpc) is 3.12. The van der Waals surface area contributed by atoms with Gasteiger partial charge in [-0.15, -0.1) is 15.3 Å². The Hall–Kier alpha value is -3.45. The fourth-order valence-corrected chi connectivity index (χ4v) is 3.09. The summed E-state index contributed by atoms with van der Waals surface area (Å²) in [5, 5.41) is 35.5. The molecule has 0 bridgehead atoms. The maximum absolute atomic E-state index is 9.75. The van der Waals surface area contributed by atoms with Gasteiger partial charge in [-0.3, -0.25) is 0 Å². The van der Waals surface area contributed by atoms with E-state index in [1.165, 1.54) is 0 Å². The average molecular weight is 375 g/mol. The van der Waals surface area contributed by atoms with Gasteiger partial charge in [-0.25, -0.2) is 0 Å². The Bertz CT molecular complexity index is 1050. The third kappa shape index (κ3) is 4.10. The third-order valence-electron chi connectivity index (χ3n) is 4.52. The molecular weight excluding hydrogens is 354 g/mol. The van der Waals surface area contributed by atoms with E-state index in [-0.39, 0.29) is 18.4 Å². The number of rotatable bonds is 7. The van der Waals surface area contributed by atoms with Crippen LogP contribution in [-0.4, -0.2) is 42.7 Å². The fourth-order valence-electron chi connectivity index (χ4n) is 3.09. The van der Waals surface area contributed by atoms with Gasteiger partial charge in [-0.2, -0.15) is 4.52 Å². The minimum absolute atomic E-state index is 0.00282. The van der Waals surface area contributed by atoms with Gasteiger partial charge in [0.05, 0.1) is 12.6 Å². The molecule has 0 unspecified atom stereocenters. The number of aliphatic hydroxyl groups is 1. The molecule has 7 nitrogen and oxygen atoms in total. The van der Waals surface area contributed by atoms with Crippen LogP contribution in [0.1, 0.15) is 17.0 Å². The van der Waals surface area contributed by atoms with Gasteiger partial charge >= 0.3 is 0 Å². The number of nitrogens with one attached hydrogen (secondary N) is 1. The summed E-state index contributed by atoms with van der Waals surface area (Å²) in [6.45, 7) is -0.00282. The van der Waals surface area contributed by atoms with Crippen molar-refractivity contribution in [1.29, 1.82) is 0 Å². The molecule has 0 saturated heterocycles. The Morgan fingerprint density at radius 1 is 0.893 bits per heavy atom. The number of hydrogen-bond acceptors (Lipinski definition) is 6. The molecule has 2 aromatic heterocycles. The van der Waals surface area contributed by atoms with Crippen molar-refractivity contribution in [3.8, 4) is 5.75 Å². The van der Waals surface area contributed by atoms with Gasteiger partial charge in [0.25, 0.3) is 0 Å². The highest BCUT2D eigenvalue weighted by Crippen LogP contribution is 2.15. The van der Waals surface area contributed by atoms with E-state index in [2.05, 4.69) is 20.6 Å². The molecule has 4 rings (SSSR count). The van der Waals surface area contributed by atoms with Gasteiger partial charge < -0.3 is 15.5 Å². The molecule has 0 aliphatic carbocycles. The number of anilines is 1. The summed E-state index contributed by atoms with van der Waals surface area (Å²) in [5.74, 6) is 1.58. The fraction of sp³-hybridized carbons (Fsp3) is 0.190. The van der Waals surface area contributed by atoms with E-state index in [0.29, 0.717) is 30.1 Å². The molecule has 3 N–H and O–H groups in total. The number of aromatic nitrogens is 4. The summed E-state index contributed by atoms with van der Waals surface area (Å²) in [7, 11) is 0. The lowest BCUT2D eigenvalue weighted by atomic mass is 10.1. The van der Waals surface area contributed by atoms with Gasteiger partial charge in [0.1, 0.15) is 11.6 Å². The molecule has 4 aromatic rings. The van der Waals surface area contributed by atoms with E-state index in [9.17, 15) is 10.2 Å². The van der Waals surface area contributed by atoms with E-state index in [1.54, 1.807) is 16.6 Å². The SMILES string of the molecule is OC[C@H](Cc1ccccc1)Nc1ccc2nnc(Cc3ccc(O)cc3)n2n1. The normalized spacial score (nSPS) is 12.2. The topological polar surface area (TPSA) is 95.6 Å². The number of benzene rings is 2. The Balaban J connectivity index is 1.53. The molecule has 7 heteroatoms. The molecule has 2 aromatic carbocycles. The Morgan fingerprint density at radius 2 is 1.68 bits per heavy atom. The van der Waals surface area contributed by atoms with Crippen molar-refractivity contribution in [3.05, 3.63) is 83.7 Å². The molecule has 1 atom stereocenters. The minimum Gasteiger partial charge on any atom is -0.508 e. The molecule has 0 aliphatic heterocycles. The second kappa shape index (κ2) is 8.06. The van der Waals surface area contributed by atoms with Crippen LogP contribution in [0.2, 0.25) is 0 Å². The van der Waals surface area contributed by atoms with Crippen molar-refractivity contribution in [1.82, 2.24) is 19.8 Å². The molecule has 0 aliphatic rings. The monoisotopic (exact) mass is 375 g/mol. The Morgan fingerprint density at radius 3 is 2.43 bits per heavy atom. The van der Waals surface area contributed by atoms with Crippen LogP contribution in [0, 0.1) is 0 Å². The molecule has 2 heterocycles. The summed E-state index contributed by atoms with van der Waals surface area (Å²) >= 11 is 0. The molecule has 0 radical (unpaired) electrons. The van der Waals surface area contributed by atoms with Crippen molar-refractivity contribution in [2.24, 2.45) is 0 Å². The number of phenols is 1. The quantitative estimate of drug-likeness (QED) is 0.459. The van der Waals surface area contributed by atoms with E-state index >= 15 is 0 Å². The van der Waals surface area contributed by atoms with Crippen LogP contribution in [0.3, 0.4) is 0 Å². The van der Waals surface area contributed by atoms with Crippen LogP contribution < -0.4 is 5.32 Å². The van der Waals surface area contributed by atoms with Crippen molar-refractivity contribution < 1.29 is 10.2 Å². The van der Waals surface area contributed by atoms with Gasteiger partial charge in [-0.1, -0.05) is 42.5 Å². The molecule has 0 saturated carbocycles. The minimum atomic E-state index is -0.149. The molecule has 0 amide bonds. The summed E-state index contributed by atoms with van der Waals surface area (Å²) in [4.78, 5) is 0. The van der Waals surface area contributed by atoms with Crippen molar-refractivity contribution >= 4 is 11.5 Å². The first-order valence-corrected chi connectivity index (χ1v) is 9.12. The molecule has 0 spiro atoms. The first-order valence-electron chi connectivity index (χ1n) is 9.12. The lowest BCUT2D eigenvalue weighted by Crippen LogP contribution is -2.27. The number of phenolic OH excluding ortho intramolecular Hbond substituents is 1. The van der Waals surface area contributed by atoms with Crippen molar-refractivity contribution in [2.75, 3.05) is 11.9 Å². The van der Waals surface area contributed by atoms with Gasteiger partial charge in [0.2, 0.25) is 0 Å². The van der Waals surface area contributed by atoms with Crippen LogP contribution in [0.4, 0.5) is 5.82 Å². The third-order valence-corrected chi connectivity index (χ3v) is 4.52. The number of fused-ring (bicyclic) bond motifs is 1. The zero-order valence-electron chi connectivity index (χ0n) is 15.2. The predicted octanol–water partition coefficient (Wildman–Crippen LogP) is 2.44. The smallest absolute Gasteiger partial charge is 0.178 e. The van der Waals surface area contributed by atoms with Crippen molar-refractivity contribution in [3.63, 3.8) is 0 Å². The van der Waals surface area contributed by atoms with Crippen LogP contribution in [0.15, 0.2) is 66.7 Å². The molecular formula is C21H21N5O2. The zero-order valence-corrected chi connectivity index (χ0v) is 15.2. The standard InChI is InChI=1S/C21H21N5O2/c27-14-17(12-15-4-2-1-3-5-15)22-19-10-11-20-23-24-21(26(20)25-19)13-16-6-8-18(28)9-7-16/h1-11,17,27-28H,12-14H2,(H,22,25)/t17-/m0/s1. The van der Waals surface area contributed by atoms with E-state index < -0.39 is 0 Å². The molecule has 0 fully saturated rings. The Kier molecular flexibility index (Phi) is 5.16. The van der Waals surface area contributed by atoms with E-state index in [1.807, 2.05) is 54.6 Å². The summed E-state index contributed by atoms with van der Waals surface area (Å²) in [5.41, 5.74) is 2.81. The van der Waals surface area contributed by atoms with Gasteiger partial charge in [-0.05, 0) is 41.8 Å². The highest BCUT2D eigenvalue weighted by atomic mass is 16.3. The van der Waals surface area contributed by atoms with Crippen molar-refractivity contribution in [2.45, 2.75) is 18.9 Å². The zero-order chi connectivity index (χ0) is 19.3. The van der Waals surface area contributed by atoms with Gasteiger partial charge in [0.15, 0.2) is 11.5 Å². The van der Waals surface area contributed by atoms with Crippen LogP contribution in [-0.2, 0) is 12.8 Å². The largest absolute Gasteiger partial charge is 0.508 e. The number of aromatic hydroxyl groups is 1. The van der Waals surface area contributed by atoms with Crippen LogP contribution >= 0.6 is 0 Å². The van der Waals surface area contributed by atoms with E-state index in [4.69, 9.17) is 0 Å². The van der Waals surface area contributed by atoms with Crippen LogP contribution in [0.5, 0.6) is 5.75 Å². The number of hydrogen-bond donors (Lipinski definition) is 3. The first kappa shape index (κ1) is 17.9. The lowest BCUT2D eigenvalue weighted by Gasteiger charge is -2.17. The maximum Gasteiger partial charge on any atom is 0.178 e. The molecule has 28 heavy (non-hydrogen) atoms. The Labute approximate surface area is 162 Å². The first-order chi connectivity index (χ1) is 13.7. The molecule has 142 valence electrons. The second-order valence-electron chi connectivity index (χ2n) is 6.66. The predicted molar refractivity (Wildman–Crippen MR) is 106 cm³/mol. The summed E-state index contributed by atoms with van der Waals surface area (Å²) in [6.07, 6.45) is 1.24. The highest BCUT2D eigenvalue weighted by molar-refractivity contribution is 5.45. The van der Waals surface area contributed by atoms with Gasteiger partial charge in [0, 0.05) is 6.42 Å². The number of nitrogens with zero attached hydrogens (tertiary/aromatic N) is 4. The van der Waals surface area contributed by atoms with Crippen LogP contribution in [0.25, 0.3) is 5.65 Å². The van der Waals surface area contributed by atoms with E-state index in [0.717, 1.165) is 11.1 Å². The summed E-state index contributed by atoms with van der Waals surface area (Å²) < 4.78 is 1.70. The summed E-state index contributed by atoms with van der Waals surface area (Å²) in [6, 6.07) is 20.5. The second-order valence-corrected chi connectivity index (χ2v) is 6.66. The lowest BCUT2D eigenvalue weighted by molar-refractivity contribution is 0.273. The maximum atomic E-state index is 9.75. The highest BCUT2D eigenvalue weighted by Gasteiger charge is 2.12. The number of aliphatic hydroxyl groups excluding tert-OH is 1.